The molecule has 4 heteroatoms. The Morgan fingerprint density at radius 2 is 0.918 bits per heavy atom. The van der Waals surface area contributed by atoms with Gasteiger partial charge in [-0.3, -0.25) is 4.79 Å². The van der Waals surface area contributed by atoms with Gasteiger partial charge in [0.15, 0.2) is 0 Å². The van der Waals surface area contributed by atoms with Crippen molar-refractivity contribution >= 4 is 5.97 Å². The Morgan fingerprint density at radius 1 is 0.510 bits per heavy atom. The molecular weight excluding hydrogens is 604 g/mol. The predicted octanol–water partition coefficient (Wildman–Crippen LogP) is 13.7. The van der Waals surface area contributed by atoms with Gasteiger partial charge in [0.05, 0.1) is 13.2 Å². The Bertz CT molecular complexity index is 809. The summed E-state index contributed by atoms with van der Waals surface area (Å²) in [7, 11) is 0. The number of rotatable bonds is 38. The van der Waals surface area contributed by atoms with E-state index >= 15 is 0 Å². The van der Waals surface area contributed by atoms with E-state index in [9.17, 15) is 9.90 Å². The van der Waals surface area contributed by atoms with Gasteiger partial charge in [0, 0.05) is 13.0 Å². The molecule has 0 aromatic rings. The Kier molecular flexibility index (Phi) is 40.6. The Labute approximate surface area is 305 Å². The van der Waals surface area contributed by atoms with Gasteiger partial charge in [-0.1, -0.05) is 171 Å². The van der Waals surface area contributed by atoms with Crippen molar-refractivity contribution in [3.63, 3.8) is 0 Å². The molecule has 0 aliphatic heterocycles. The van der Waals surface area contributed by atoms with Crippen molar-refractivity contribution in [1.29, 1.82) is 0 Å². The number of aliphatic hydroxyl groups excluding tert-OH is 1. The number of carbonyl (C=O) groups is 1. The monoisotopic (exact) mass is 685 g/mol. The molecule has 1 atom stereocenters. The number of hydrogen-bond acceptors (Lipinski definition) is 4. The standard InChI is InChI=1S/C45H80O4/c1-3-5-7-9-11-13-15-17-18-19-20-21-22-23-24-25-26-27-29-31-33-35-37-39-41-48-43-44(42-46)49-45(47)40-38-36-34-32-30-28-16-14-12-10-8-6-4-2/h6,8,12,14-15,17,19-20,28,30,44,46H,3-5,7,9-11,13,16,18,21-27,29,31-43H2,1-2H3/b8-6-,14-12-,17-15-,20-19-,30-28-. The van der Waals surface area contributed by atoms with Crippen molar-refractivity contribution in [2.45, 2.75) is 200 Å². The summed E-state index contributed by atoms with van der Waals surface area (Å²) in [5, 5.41) is 9.57. The molecule has 0 saturated carbocycles. The van der Waals surface area contributed by atoms with Gasteiger partial charge in [-0.25, -0.2) is 0 Å². The molecule has 0 saturated heterocycles. The number of hydrogen-bond donors (Lipinski definition) is 1. The first-order valence-electron chi connectivity index (χ1n) is 20.9. The van der Waals surface area contributed by atoms with E-state index in [1.165, 1.54) is 116 Å². The van der Waals surface area contributed by atoms with Crippen LogP contribution in [0, 0.1) is 0 Å². The molecule has 0 fully saturated rings. The van der Waals surface area contributed by atoms with E-state index < -0.39 is 6.10 Å². The van der Waals surface area contributed by atoms with Crippen LogP contribution in [0.5, 0.6) is 0 Å². The normalized spacial score (nSPS) is 13.0. The van der Waals surface area contributed by atoms with Crippen molar-refractivity contribution in [2.24, 2.45) is 0 Å². The third-order valence-corrected chi connectivity index (χ3v) is 8.83. The summed E-state index contributed by atoms with van der Waals surface area (Å²) < 4.78 is 11.1. The first-order valence-corrected chi connectivity index (χ1v) is 20.9. The zero-order valence-electron chi connectivity index (χ0n) is 32.4. The van der Waals surface area contributed by atoms with Crippen LogP contribution in [0.1, 0.15) is 194 Å². The molecule has 1 unspecified atom stereocenters. The van der Waals surface area contributed by atoms with Crippen LogP contribution in [0.3, 0.4) is 0 Å². The van der Waals surface area contributed by atoms with Crippen LogP contribution >= 0.6 is 0 Å². The maximum atomic E-state index is 12.1. The summed E-state index contributed by atoms with van der Waals surface area (Å²) in [6.07, 6.45) is 55.7. The van der Waals surface area contributed by atoms with E-state index in [1.807, 2.05) is 0 Å². The molecule has 0 bridgehead atoms. The van der Waals surface area contributed by atoms with Crippen molar-refractivity contribution in [1.82, 2.24) is 0 Å². The Hall–Kier alpha value is -1.91. The minimum atomic E-state index is -0.551. The largest absolute Gasteiger partial charge is 0.457 e. The van der Waals surface area contributed by atoms with E-state index in [0.29, 0.717) is 13.0 Å². The van der Waals surface area contributed by atoms with E-state index in [2.05, 4.69) is 74.6 Å². The average molecular weight is 685 g/mol. The van der Waals surface area contributed by atoms with Gasteiger partial charge in [0.2, 0.25) is 0 Å². The number of allylic oxidation sites excluding steroid dienone is 10. The van der Waals surface area contributed by atoms with Gasteiger partial charge in [-0.15, -0.1) is 0 Å². The highest BCUT2D eigenvalue weighted by atomic mass is 16.6. The lowest BCUT2D eigenvalue weighted by Gasteiger charge is -2.15. The molecule has 0 aliphatic rings. The van der Waals surface area contributed by atoms with Crippen LogP contribution in [-0.2, 0) is 14.3 Å². The quantitative estimate of drug-likeness (QED) is 0.0399. The summed E-state index contributed by atoms with van der Waals surface area (Å²) in [4.78, 5) is 12.1. The minimum absolute atomic E-state index is 0.186. The fourth-order valence-electron chi connectivity index (χ4n) is 5.72. The number of unbranched alkanes of at least 4 members (excludes halogenated alkanes) is 20. The van der Waals surface area contributed by atoms with Crippen LogP contribution in [0.25, 0.3) is 0 Å². The van der Waals surface area contributed by atoms with Gasteiger partial charge in [-0.05, 0) is 77.0 Å². The molecule has 1 N–H and O–H groups in total. The molecule has 0 aromatic heterocycles. The lowest BCUT2D eigenvalue weighted by molar-refractivity contribution is -0.154. The molecule has 0 radical (unpaired) electrons. The highest BCUT2D eigenvalue weighted by Crippen LogP contribution is 2.13. The highest BCUT2D eigenvalue weighted by Gasteiger charge is 2.13. The van der Waals surface area contributed by atoms with Gasteiger partial charge < -0.3 is 14.6 Å². The number of aliphatic hydroxyl groups is 1. The smallest absolute Gasteiger partial charge is 0.306 e. The van der Waals surface area contributed by atoms with Crippen LogP contribution in [0.15, 0.2) is 60.8 Å². The molecule has 0 rings (SSSR count). The van der Waals surface area contributed by atoms with Crippen molar-refractivity contribution in [3.8, 4) is 0 Å². The second kappa shape index (κ2) is 42.3. The fourth-order valence-corrected chi connectivity index (χ4v) is 5.72. The summed E-state index contributed by atoms with van der Waals surface area (Å²) >= 11 is 0. The Balaban J connectivity index is 3.44. The van der Waals surface area contributed by atoms with Gasteiger partial charge in [0.1, 0.15) is 6.10 Å². The summed E-state index contributed by atoms with van der Waals surface area (Å²) in [5.41, 5.74) is 0. The molecule has 49 heavy (non-hydrogen) atoms. The summed E-state index contributed by atoms with van der Waals surface area (Å²) in [6.45, 7) is 5.19. The van der Waals surface area contributed by atoms with E-state index in [1.54, 1.807) is 0 Å². The average Bonchev–Trinajstić information content (AvgIpc) is 3.11. The first-order chi connectivity index (χ1) is 24.2. The van der Waals surface area contributed by atoms with Gasteiger partial charge in [-0.2, -0.15) is 0 Å². The molecule has 0 spiro atoms. The molecule has 0 amide bonds. The van der Waals surface area contributed by atoms with Gasteiger partial charge in [0.25, 0.3) is 0 Å². The van der Waals surface area contributed by atoms with Crippen LogP contribution in [0.2, 0.25) is 0 Å². The van der Waals surface area contributed by atoms with Gasteiger partial charge >= 0.3 is 5.97 Å². The molecule has 284 valence electrons. The third kappa shape index (κ3) is 40.4. The maximum Gasteiger partial charge on any atom is 0.306 e. The topological polar surface area (TPSA) is 55.8 Å². The highest BCUT2D eigenvalue weighted by molar-refractivity contribution is 5.69. The molecule has 0 heterocycles. The van der Waals surface area contributed by atoms with Crippen LogP contribution in [0.4, 0.5) is 0 Å². The molecular formula is C45H80O4. The van der Waals surface area contributed by atoms with Crippen molar-refractivity contribution < 1.29 is 19.4 Å². The predicted molar refractivity (Wildman–Crippen MR) is 214 cm³/mol. The summed E-state index contributed by atoms with van der Waals surface area (Å²) in [5.74, 6) is -0.231. The Morgan fingerprint density at radius 3 is 1.39 bits per heavy atom. The van der Waals surface area contributed by atoms with E-state index in [-0.39, 0.29) is 19.2 Å². The second-order valence-electron chi connectivity index (χ2n) is 13.7. The number of esters is 1. The lowest BCUT2D eigenvalue weighted by Crippen LogP contribution is -2.27. The van der Waals surface area contributed by atoms with E-state index in [4.69, 9.17) is 9.47 Å². The second-order valence-corrected chi connectivity index (χ2v) is 13.7. The van der Waals surface area contributed by atoms with Crippen LogP contribution < -0.4 is 0 Å². The molecule has 0 aliphatic carbocycles. The third-order valence-electron chi connectivity index (χ3n) is 8.83. The maximum absolute atomic E-state index is 12.1. The molecule has 4 nitrogen and oxygen atoms in total. The SMILES string of the molecule is CC/C=C\C/C=C\C/C=C\CCCCCC(=O)OC(CO)COCCCCCCCCCCCCCC/C=C\C/C=C\CCCCCCC. The number of ether oxygens (including phenoxy) is 2. The van der Waals surface area contributed by atoms with Crippen molar-refractivity contribution in [2.75, 3.05) is 19.8 Å². The van der Waals surface area contributed by atoms with E-state index in [0.717, 1.165) is 57.8 Å². The summed E-state index contributed by atoms with van der Waals surface area (Å²) in [6, 6.07) is 0. The zero-order chi connectivity index (χ0) is 35.6. The fraction of sp³-hybridized carbons (Fsp3) is 0.756. The lowest BCUT2D eigenvalue weighted by atomic mass is 10.0. The van der Waals surface area contributed by atoms with Crippen molar-refractivity contribution in [3.05, 3.63) is 60.8 Å². The van der Waals surface area contributed by atoms with Crippen LogP contribution in [-0.4, -0.2) is 37.0 Å². The minimum Gasteiger partial charge on any atom is -0.457 e. The number of carbonyl (C=O) groups excluding carboxylic acids is 1. The zero-order valence-corrected chi connectivity index (χ0v) is 32.4. The molecule has 0 aromatic carbocycles. The first kappa shape index (κ1) is 47.1.